The maximum Gasteiger partial charge on any atom is 0.357 e. The van der Waals surface area contributed by atoms with E-state index in [1.165, 1.54) is 0 Å². The summed E-state index contributed by atoms with van der Waals surface area (Å²) in [6.45, 7) is 4.46. The van der Waals surface area contributed by atoms with Crippen LogP contribution in [0.4, 0.5) is 0 Å². The summed E-state index contributed by atoms with van der Waals surface area (Å²) in [4.78, 5) is 22.9. The monoisotopic (exact) mass is 316 g/mol. The van der Waals surface area contributed by atoms with Crippen molar-refractivity contribution in [3.63, 3.8) is 0 Å². The van der Waals surface area contributed by atoms with Crippen molar-refractivity contribution in [3.05, 3.63) is 16.4 Å². The van der Waals surface area contributed by atoms with Gasteiger partial charge in [0.05, 0.1) is 17.3 Å². The molecule has 0 spiro atoms. The summed E-state index contributed by atoms with van der Waals surface area (Å²) in [6.07, 6.45) is 3.30. The molecule has 100 valence electrons. The molecule has 5 nitrogen and oxygen atoms in total. The van der Waals surface area contributed by atoms with Crippen LogP contribution in [-0.4, -0.2) is 28.1 Å². The van der Waals surface area contributed by atoms with Crippen molar-refractivity contribution in [2.45, 2.75) is 39.7 Å². The van der Waals surface area contributed by atoms with Gasteiger partial charge in [0.2, 0.25) is 0 Å². The fourth-order valence-corrected chi connectivity index (χ4v) is 2.00. The van der Waals surface area contributed by atoms with E-state index in [0.717, 1.165) is 0 Å². The number of hydrogen-bond donors (Lipinski definition) is 0. The summed E-state index contributed by atoms with van der Waals surface area (Å²) in [7, 11) is 0. The van der Waals surface area contributed by atoms with Crippen LogP contribution >= 0.6 is 15.9 Å². The Balaban J connectivity index is 2.66. The third-order valence-electron chi connectivity index (χ3n) is 2.48. The van der Waals surface area contributed by atoms with Gasteiger partial charge in [0.1, 0.15) is 5.78 Å². The number of aromatic nitrogens is 2. The van der Waals surface area contributed by atoms with E-state index in [2.05, 4.69) is 21.0 Å². The van der Waals surface area contributed by atoms with Crippen LogP contribution in [0.15, 0.2) is 10.7 Å². The predicted molar refractivity (Wildman–Crippen MR) is 70.4 cm³/mol. The number of ketones is 1. The number of ether oxygens (including phenoxy) is 1. The Morgan fingerprint density at radius 2 is 2.17 bits per heavy atom. The average Bonchev–Trinajstić information content (AvgIpc) is 2.70. The van der Waals surface area contributed by atoms with Crippen LogP contribution in [0, 0.1) is 0 Å². The highest BCUT2D eigenvalue weighted by molar-refractivity contribution is 9.10. The SMILES string of the molecule is CCOC(=O)c1c(Br)cnn1CCCC(=O)CC. The van der Waals surface area contributed by atoms with Gasteiger partial charge in [-0.25, -0.2) is 4.79 Å². The van der Waals surface area contributed by atoms with Crippen LogP contribution in [0.5, 0.6) is 0 Å². The highest BCUT2D eigenvalue weighted by Gasteiger charge is 2.18. The number of halogens is 1. The van der Waals surface area contributed by atoms with E-state index in [4.69, 9.17) is 4.74 Å². The zero-order valence-corrected chi connectivity index (χ0v) is 12.2. The number of rotatable bonds is 7. The predicted octanol–water partition coefficient (Wildman–Crippen LogP) is 2.58. The van der Waals surface area contributed by atoms with Crippen molar-refractivity contribution in [1.82, 2.24) is 9.78 Å². The first-order valence-electron chi connectivity index (χ1n) is 6.00. The van der Waals surface area contributed by atoms with Crippen LogP contribution in [0.1, 0.15) is 43.6 Å². The number of carbonyl (C=O) groups excluding carboxylic acids is 2. The Bertz CT molecular complexity index is 429. The quantitative estimate of drug-likeness (QED) is 0.725. The van der Waals surface area contributed by atoms with Crippen LogP contribution in [0.3, 0.4) is 0 Å². The number of esters is 1. The lowest BCUT2D eigenvalue weighted by Crippen LogP contribution is -2.14. The number of Topliss-reactive ketones (excluding diaryl/α,β-unsaturated/α-hetero) is 1. The van der Waals surface area contributed by atoms with Gasteiger partial charge in [-0.1, -0.05) is 6.92 Å². The van der Waals surface area contributed by atoms with E-state index in [9.17, 15) is 9.59 Å². The topological polar surface area (TPSA) is 61.2 Å². The molecule has 0 atom stereocenters. The van der Waals surface area contributed by atoms with Crippen LogP contribution in [0.25, 0.3) is 0 Å². The second kappa shape index (κ2) is 7.31. The van der Waals surface area contributed by atoms with Crippen molar-refractivity contribution < 1.29 is 14.3 Å². The molecule has 1 heterocycles. The van der Waals surface area contributed by atoms with Crippen molar-refractivity contribution in [2.75, 3.05) is 6.61 Å². The summed E-state index contributed by atoms with van der Waals surface area (Å²) in [5.41, 5.74) is 0.404. The van der Waals surface area contributed by atoms with Gasteiger partial charge in [-0.3, -0.25) is 9.48 Å². The molecule has 0 radical (unpaired) electrons. The molecule has 1 rings (SSSR count). The molecule has 0 bridgehead atoms. The minimum absolute atomic E-state index is 0.221. The molecule has 0 saturated carbocycles. The van der Waals surface area contributed by atoms with E-state index in [-0.39, 0.29) is 5.78 Å². The first-order chi connectivity index (χ1) is 8.60. The molecule has 0 aliphatic heterocycles. The molecular weight excluding hydrogens is 300 g/mol. The van der Waals surface area contributed by atoms with E-state index in [0.29, 0.717) is 42.6 Å². The van der Waals surface area contributed by atoms with Crippen molar-refractivity contribution in [2.24, 2.45) is 0 Å². The largest absolute Gasteiger partial charge is 0.461 e. The molecule has 6 heteroatoms. The van der Waals surface area contributed by atoms with E-state index < -0.39 is 5.97 Å². The summed E-state index contributed by atoms with van der Waals surface area (Å²) in [5.74, 6) is -0.178. The normalized spacial score (nSPS) is 10.4. The van der Waals surface area contributed by atoms with Gasteiger partial charge in [0, 0.05) is 19.4 Å². The molecule has 0 saturated heterocycles. The fourth-order valence-electron chi connectivity index (χ4n) is 1.54. The number of nitrogens with zero attached hydrogens (tertiary/aromatic N) is 2. The highest BCUT2D eigenvalue weighted by Crippen LogP contribution is 2.17. The molecule has 0 aliphatic rings. The lowest BCUT2D eigenvalue weighted by Gasteiger charge is -2.07. The van der Waals surface area contributed by atoms with E-state index >= 15 is 0 Å². The molecule has 0 unspecified atom stereocenters. The Labute approximate surface area is 115 Å². The fraction of sp³-hybridized carbons (Fsp3) is 0.583. The van der Waals surface area contributed by atoms with Gasteiger partial charge in [-0.05, 0) is 29.3 Å². The number of carbonyl (C=O) groups is 2. The summed E-state index contributed by atoms with van der Waals surface area (Å²) >= 11 is 3.27. The number of aryl methyl sites for hydroxylation is 1. The first kappa shape index (κ1) is 14.9. The molecule has 0 aromatic carbocycles. The first-order valence-corrected chi connectivity index (χ1v) is 6.79. The van der Waals surface area contributed by atoms with Gasteiger partial charge < -0.3 is 4.74 Å². The Morgan fingerprint density at radius 1 is 1.44 bits per heavy atom. The Hall–Kier alpha value is -1.17. The van der Waals surface area contributed by atoms with Crippen LogP contribution in [0.2, 0.25) is 0 Å². The van der Waals surface area contributed by atoms with Gasteiger partial charge in [-0.15, -0.1) is 0 Å². The molecule has 0 amide bonds. The summed E-state index contributed by atoms with van der Waals surface area (Å²) in [6, 6.07) is 0. The minimum atomic E-state index is -0.399. The smallest absolute Gasteiger partial charge is 0.357 e. The van der Waals surface area contributed by atoms with Crippen molar-refractivity contribution in [3.8, 4) is 0 Å². The molecule has 0 fully saturated rings. The molecule has 1 aromatic heterocycles. The van der Waals surface area contributed by atoms with Gasteiger partial charge in [0.15, 0.2) is 5.69 Å². The van der Waals surface area contributed by atoms with Crippen LogP contribution in [-0.2, 0) is 16.1 Å². The van der Waals surface area contributed by atoms with Gasteiger partial charge in [-0.2, -0.15) is 5.10 Å². The van der Waals surface area contributed by atoms with Crippen molar-refractivity contribution in [1.29, 1.82) is 0 Å². The maximum absolute atomic E-state index is 11.7. The highest BCUT2D eigenvalue weighted by atomic mass is 79.9. The van der Waals surface area contributed by atoms with Gasteiger partial charge in [0.25, 0.3) is 0 Å². The second-order valence-electron chi connectivity index (χ2n) is 3.78. The van der Waals surface area contributed by atoms with E-state index in [1.807, 2.05) is 6.92 Å². The number of hydrogen-bond acceptors (Lipinski definition) is 4. The molecule has 1 aromatic rings. The maximum atomic E-state index is 11.7. The zero-order chi connectivity index (χ0) is 13.5. The standard InChI is InChI=1S/C12H17BrN2O3/c1-3-9(16)6-5-7-15-11(10(13)8-14-15)12(17)18-4-2/h8H,3-7H2,1-2H3. The summed E-state index contributed by atoms with van der Waals surface area (Å²) in [5, 5.41) is 4.10. The van der Waals surface area contributed by atoms with Crippen LogP contribution < -0.4 is 0 Å². The van der Waals surface area contributed by atoms with E-state index in [1.54, 1.807) is 17.8 Å². The second-order valence-corrected chi connectivity index (χ2v) is 4.63. The molecule has 18 heavy (non-hydrogen) atoms. The third kappa shape index (κ3) is 3.94. The Kier molecular flexibility index (Phi) is 6.04. The zero-order valence-electron chi connectivity index (χ0n) is 10.6. The Morgan fingerprint density at radius 3 is 2.78 bits per heavy atom. The lowest BCUT2D eigenvalue weighted by atomic mass is 10.2. The third-order valence-corrected chi connectivity index (χ3v) is 3.06. The lowest BCUT2D eigenvalue weighted by molar-refractivity contribution is -0.118. The minimum Gasteiger partial charge on any atom is -0.461 e. The average molecular weight is 317 g/mol. The van der Waals surface area contributed by atoms with Crippen molar-refractivity contribution >= 4 is 27.7 Å². The molecule has 0 N–H and O–H groups in total. The molecular formula is C12H17BrN2O3. The molecule has 0 aliphatic carbocycles. The summed E-state index contributed by atoms with van der Waals surface area (Å²) < 4.78 is 7.15. The van der Waals surface area contributed by atoms with Gasteiger partial charge >= 0.3 is 5.97 Å².